The zero-order valence-corrected chi connectivity index (χ0v) is 20.8. The first-order valence-corrected chi connectivity index (χ1v) is 12.4. The summed E-state index contributed by atoms with van der Waals surface area (Å²) in [5.74, 6) is 0.0140. The van der Waals surface area contributed by atoms with Crippen LogP contribution in [0.15, 0.2) is 87.9 Å². The highest BCUT2D eigenvalue weighted by molar-refractivity contribution is 9.10. The maximum Gasteiger partial charge on any atom is 0.275 e. The number of rotatable bonds is 3. The van der Waals surface area contributed by atoms with Gasteiger partial charge in [0.25, 0.3) is 5.91 Å². The number of nitrogens with zero attached hydrogens (tertiary/aromatic N) is 2. The summed E-state index contributed by atoms with van der Waals surface area (Å²) in [4.78, 5) is 13.7. The maximum absolute atomic E-state index is 13.7. The van der Waals surface area contributed by atoms with Gasteiger partial charge in [-0.1, -0.05) is 59.6 Å². The molecule has 0 N–H and O–H groups in total. The van der Waals surface area contributed by atoms with E-state index in [2.05, 4.69) is 22.0 Å². The molecule has 0 radical (unpaired) electrons. The first kappa shape index (κ1) is 22.4. The molecular weight excluding hydrogens is 519 g/mol. The van der Waals surface area contributed by atoms with E-state index in [1.165, 1.54) is 5.57 Å². The average Bonchev–Trinajstić information content (AvgIpc) is 3.22. The smallest absolute Gasteiger partial charge is 0.267 e. The molecule has 3 aromatic rings. The standard InChI is InChI=1S/C27H21BrCl2N2O/c28-24-7-2-1-5-22(24)27(33)32-26(18-10-14-21(30)15-11-18)23-6-3-4-19(25(23)31-32)16-17-8-12-20(29)13-9-17/h1-2,5,7-16,23,26H,3-4,6H2. The third kappa shape index (κ3) is 4.52. The fraction of sp³-hybridized carbons (Fsp3) is 0.185. The van der Waals surface area contributed by atoms with Crippen LogP contribution in [0.1, 0.15) is 46.8 Å². The molecule has 0 aromatic heterocycles. The molecule has 1 aliphatic heterocycles. The Bertz CT molecular complexity index is 1250. The molecule has 33 heavy (non-hydrogen) atoms. The summed E-state index contributed by atoms with van der Waals surface area (Å²) in [7, 11) is 0. The number of amides is 1. The lowest BCUT2D eigenvalue weighted by molar-refractivity contribution is 0.0680. The van der Waals surface area contributed by atoms with E-state index >= 15 is 0 Å². The van der Waals surface area contributed by atoms with Crippen molar-refractivity contribution in [2.45, 2.75) is 25.3 Å². The summed E-state index contributed by atoms with van der Waals surface area (Å²) in [6, 6.07) is 22.9. The van der Waals surface area contributed by atoms with Crippen molar-refractivity contribution < 1.29 is 4.79 Å². The Hall–Kier alpha value is -2.40. The van der Waals surface area contributed by atoms with E-state index in [0.717, 1.165) is 40.6 Å². The molecule has 0 saturated heterocycles. The molecule has 5 rings (SSSR count). The molecule has 3 nitrogen and oxygen atoms in total. The number of hydrogen-bond acceptors (Lipinski definition) is 2. The van der Waals surface area contributed by atoms with Gasteiger partial charge in [0.1, 0.15) is 0 Å². The molecule has 1 heterocycles. The minimum atomic E-state index is -0.175. The normalized spacial score (nSPS) is 21.1. The molecular formula is C27H21BrCl2N2O. The number of carbonyl (C=O) groups excluding carboxylic acids is 1. The molecule has 1 saturated carbocycles. The molecule has 1 aliphatic carbocycles. The Kier molecular flexibility index (Phi) is 6.42. The number of carbonyl (C=O) groups is 1. The highest BCUT2D eigenvalue weighted by atomic mass is 79.9. The van der Waals surface area contributed by atoms with Gasteiger partial charge in [-0.3, -0.25) is 4.79 Å². The Morgan fingerprint density at radius 1 is 0.970 bits per heavy atom. The lowest BCUT2D eigenvalue weighted by atomic mass is 9.77. The summed E-state index contributed by atoms with van der Waals surface area (Å²) in [6.45, 7) is 0. The van der Waals surface area contributed by atoms with Gasteiger partial charge < -0.3 is 0 Å². The predicted molar refractivity (Wildman–Crippen MR) is 139 cm³/mol. The van der Waals surface area contributed by atoms with Crippen molar-refractivity contribution in [2.75, 3.05) is 0 Å². The number of hydrogen-bond donors (Lipinski definition) is 0. The van der Waals surface area contributed by atoms with E-state index in [1.54, 1.807) is 5.01 Å². The van der Waals surface area contributed by atoms with E-state index in [1.807, 2.05) is 72.8 Å². The Labute approximate surface area is 211 Å². The van der Waals surface area contributed by atoms with Crippen molar-refractivity contribution in [1.29, 1.82) is 0 Å². The van der Waals surface area contributed by atoms with Crippen LogP contribution in [0.4, 0.5) is 0 Å². The summed E-state index contributed by atoms with van der Waals surface area (Å²) in [5, 5.41) is 8.01. The Morgan fingerprint density at radius 2 is 1.64 bits per heavy atom. The van der Waals surface area contributed by atoms with Crippen molar-refractivity contribution >= 4 is 56.8 Å². The topological polar surface area (TPSA) is 32.7 Å². The number of allylic oxidation sites excluding steroid dienone is 1. The highest BCUT2D eigenvalue weighted by Crippen LogP contribution is 2.45. The van der Waals surface area contributed by atoms with Gasteiger partial charge in [-0.15, -0.1) is 0 Å². The van der Waals surface area contributed by atoms with Crippen molar-refractivity contribution in [1.82, 2.24) is 5.01 Å². The molecule has 6 heteroatoms. The van der Waals surface area contributed by atoms with Crippen LogP contribution in [0.25, 0.3) is 6.08 Å². The van der Waals surface area contributed by atoms with Crippen LogP contribution in [0.2, 0.25) is 10.0 Å². The Balaban J connectivity index is 1.59. The van der Waals surface area contributed by atoms with Crippen LogP contribution in [-0.4, -0.2) is 16.6 Å². The zero-order chi connectivity index (χ0) is 22.9. The van der Waals surface area contributed by atoms with Crippen LogP contribution >= 0.6 is 39.1 Å². The number of fused-ring (bicyclic) bond motifs is 1. The fourth-order valence-electron chi connectivity index (χ4n) is 4.68. The van der Waals surface area contributed by atoms with Gasteiger partial charge in [0.2, 0.25) is 0 Å². The molecule has 1 fully saturated rings. The van der Waals surface area contributed by atoms with Crippen LogP contribution in [-0.2, 0) is 0 Å². The predicted octanol–water partition coefficient (Wildman–Crippen LogP) is 8.19. The molecule has 1 amide bonds. The minimum Gasteiger partial charge on any atom is -0.267 e. The molecule has 3 aromatic carbocycles. The lowest BCUT2D eigenvalue weighted by Crippen LogP contribution is -2.32. The molecule has 0 spiro atoms. The fourth-order valence-corrected chi connectivity index (χ4v) is 5.39. The van der Waals surface area contributed by atoms with Gasteiger partial charge in [-0.25, -0.2) is 5.01 Å². The SMILES string of the molecule is O=C(c1ccccc1Br)N1N=C2C(=Cc3ccc(Cl)cc3)CCCC2C1c1ccc(Cl)cc1. The monoisotopic (exact) mass is 538 g/mol. The van der Waals surface area contributed by atoms with Crippen LogP contribution in [0.3, 0.4) is 0 Å². The van der Waals surface area contributed by atoms with Gasteiger partial charge in [0, 0.05) is 20.4 Å². The van der Waals surface area contributed by atoms with Crippen molar-refractivity contribution in [3.63, 3.8) is 0 Å². The van der Waals surface area contributed by atoms with Crippen LogP contribution in [0.5, 0.6) is 0 Å². The van der Waals surface area contributed by atoms with Crippen molar-refractivity contribution in [2.24, 2.45) is 11.0 Å². The first-order valence-electron chi connectivity index (χ1n) is 10.9. The molecule has 2 unspecified atom stereocenters. The first-order chi connectivity index (χ1) is 16.0. The van der Waals surface area contributed by atoms with Crippen LogP contribution in [0, 0.1) is 5.92 Å². The summed E-state index contributed by atoms with van der Waals surface area (Å²) >= 11 is 15.8. The number of benzene rings is 3. The summed E-state index contributed by atoms with van der Waals surface area (Å²) in [6.07, 6.45) is 5.13. The second-order valence-corrected chi connectivity index (χ2v) is 10.1. The maximum atomic E-state index is 13.7. The number of halogens is 3. The highest BCUT2D eigenvalue weighted by Gasteiger charge is 2.44. The summed E-state index contributed by atoms with van der Waals surface area (Å²) in [5.41, 5.74) is 4.89. The van der Waals surface area contributed by atoms with Gasteiger partial charge in [-0.2, -0.15) is 5.10 Å². The largest absolute Gasteiger partial charge is 0.275 e. The number of hydrazone groups is 1. The van der Waals surface area contributed by atoms with Crippen LogP contribution < -0.4 is 0 Å². The second kappa shape index (κ2) is 9.46. The average molecular weight is 540 g/mol. The van der Waals surface area contributed by atoms with E-state index in [-0.39, 0.29) is 17.9 Å². The van der Waals surface area contributed by atoms with Gasteiger partial charge in [-0.05, 0) is 94.4 Å². The lowest BCUT2D eigenvalue weighted by Gasteiger charge is -2.30. The third-order valence-electron chi connectivity index (χ3n) is 6.24. The van der Waals surface area contributed by atoms with Gasteiger partial charge in [0.05, 0.1) is 17.3 Å². The quantitative estimate of drug-likeness (QED) is 0.330. The van der Waals surface area contributed by atoms with Crippen molar-refractivity contribution in [3.05, 3.63) is 110 Å². The van der Waals surface area contributed by atoms with E-state index in [4.69, 9.17) is 28.3 Å². The zero-order valence-electron chi connectivity index (χ0n) is 17.7. The van der Waals surface area contributed by atoms with E-state index in [9.17, 15) is 4.79 Å². The van der Waals surface area contributed by atoms with Gasteiger partial charge in [0.15, 0.2) is 0 Å². The summed E-state index contributed by atoms with van der Waals surface area (Å²) < 4.78 is 0.761. The molecule has 0 bridgehead atoms. The molecule has 2 atom stereocenters. The third-order valence-corrected chi connectivity index (χ3v) is 7.43. The molecule has 2 aliphatic rings. The van der Waals surface area contributed by atoms with E-state index in [0.29, 0.717) is 15.6 Å². The van der Waals surface area contributed by atoms with Gasteiger partial charge >= 0.3 is 0 Å². The Morgan fingerprint density at radius 3 is 2.33 bits per heavy atom. The van der Waals surface area contributed by atoms with Crippen molar-refractivity contribution in [3.8, 4) is 0 Å². The second-order valence-electron chi connectivity index (χ2n) is 8.33. The molecule has 166 valence electrons. The van der Waals surface area contributed by atoms with E-state index < -0.39 is 0 Å². The minimum absolute atomic E-state index is 0.116.